The standard InChI is InChI=1S/C20H21N5O4S/c26-19(14-25-20(27)17-9-2-3-10-18(17)22-23-25)21-15-7-6-8-16(13-15)30(28,29)24-11-4-1-5-12-24/h2-3,6-10,13H,1,4-5,11-12,14H2,(H,21,26). The molecule has 1 aliphatic heterocycles. The summed E-state index contributed by atoms with van der Waals surface area (Å²) >= 11 is 0. The van der Waals surface area contributed by atoms with E-state index >= 15 is 0 Å². The van der Waals surface area contributed by atoms with Gasteiger partial charge in [0.05, 0.1) is 10.3 Å². The normalized spacial score (nSPS) is 15.2. The summed E-state index contributed by atoms with van der Waals surface area (Å²) in [6.07, 6.45) is 2.72. The predicted molar refractivity (Wildman–Crippen MR) is 111 cm³/mol. The molecule has 0 saturated carbocycles. The number of rotatable bonds is 5. The first-order valence-corrected chi connectivity index (χ1v) is 11.1. The number of sulfonamides is 1. The van der Waals surface area contributed by atoms with Crippen molar-refractivity contribution in [3.63, 3.8) is 0 Å². The van der Waals surface area contributed by atoms with Gasteiger partial charge in [0.2, 0.25) is 15.9 Å². The van der Waals surface area contributed by atoms with E-state index in [1.807, 2.05) is 0 Å². The Morgan fingerprint density at radius 1 is 1.03 bits per heavy atom. The van der Waals surface area contributed by atoms with Gasteiger partial charge >= 0.3 is 0 Å². The molecule has 0 bridgehead atoms. The highest BCUT2D eigenvalue weighted by molar-refractivity contribution is 7.89. The number of piperidine rings is 1. The molecule has 2 aromatic carbocycles. The number of fused-ring (bicyclic) bond motifs is 1. The van der Waals surface area contributed by atoms with E-state index in [0.717, 1.165) is 23.9 Å². The van der Waals surface area contributed by atoms with Crippen LogP contribution in [0, 0.1) is 0 Å². The molecule has 156 valence electrons. The molecule has 0 aliphatic carbocycles. The second-order valence-corrected chi connectivity index (χ2v) is 9.05. The topological polar surface area (TPSA) is 114 Å². The van der Waals surface area contributed by atoms with E-state index in [9.17, 15) is 18.0 Å². The minimum Gasteiger partial charge on any atom is -0.324 e. The van der Waals surface area contributed by atoms with Crippen molar-refractivity contribution in [2.24, 2.45) is 0 Å². The molecule has 30 heavy (non-hydrogen) atoms. The Hall–Kier alpha value is -3.11. The maximum atomic E-state index is 12.8. The first kappa shape index (κ1) is 20.2. The average Bonchev–Trinajstić information content (AvgIpc) is 2.77. The fourth-order valence-electron chi connectivity index (χ4n) is 3.45. The number of hydrogen-bond acceptors (Lipinski definition) is 6. The number of carbonyl (C=O) groups excluding carboxylic acids is 1. The number of nitrogens with one attached hydrogen (secondary N) is 1. The Balaban J connectivity index is 1.51. The monoisotopic (exact) mass is 427 g/mol. The largest absolute Gasteiger partial charge is 0.324 e. The first-order chi connectivity index (χ1) is 14.4. The summed E-state index contributed by atoms with van der Waals surface area (Å²) in [5, 5.41) is 10.7. The van der Waals surface area contributed by atoms with Crippen LogP contribution in [0.2, 0.25) is 0 Å². The van der Waals surface area contributed by atoms with Crippen LogP contribution >= 0.6 is 0 Å². The summed E-state index contributed by atoms with van der Waals surface area (Å²) in [7, 11) is -3.61. The molecule has 0 spiro atoms. The van der Waals surface area contributed by atoms with E-state index in [0.29, 0.717) is 29.7 Å². The SMILES string of the molecule is O=C(Cn1nnc2ccccc2c1=O)Nc1cccc(S(=O)(=O)N2CCCCC2)c1. The van der Waals surface area contributed by atoms with Crippen LogP contribution in [-0.2, 0) is 21.4 Å². The highest BCUT2D eigenvalue weighted by atomic mass is 32.2. The van der Waals surface area contributed by atoms with Gasteiger partial charge in [-0.15, -0.1) is 5.10 Å². The lowest BCUT2D eigenvalue weighted by atomic mass is 10.2. The van der Waals surface area contributed by atoms with Gasteiger partial charge in [-0.25, -0.2) is 13.1 Å². The van der Waals surface area contributed by atoms with Crippen molar-refractivity contribution in [1.29, 1.82) is 0 Å². The highest BCUT2D eigenvalue weighted by Gasteiger charge is 2.26. The average molecular weight is 427 g/mol. The lowest BCUT2D eigenvalue weighted by Gasteiger charge is -2.26. The van der Waals surface area contributed by atoms with Crippen LogP contribution in [0.5, 0.6) is 0 Å². The second-order valence-electron chi connectivity index (χ2n) is 7.11. The van der Waals surface area contributed by atoms with Crippen LogP contribution in [0.3, 0.4) is 0 Å². The summed E-state index contributed by atoms with van der Waals surface area (Å²) in [6.45, 7) is 0.671. The van der Waals surface area contributed by atoms with Crippen LogP contribution in [0.15, 0.2) is 58.2 Å². The number of benzene rings is 2. The van der Waals surface area contributed by atoms with E-state index in [1.54, 1.807) is 36.4 Å². The number of anilines is 1. The van der Waals surface area contributed by atoms with Gasteiger partial charge in [-0.2, -0.15) is 4.31 Å². The highest BCUT2D eigenvalue weighted by Crippen LogP contribution is 2.22. The van der Waals surface area contributed by atoms with Crippen LogP contribution < -0.4 is 10.9 Å². The van der Waals surface area contributed by atoms with Gasteiger partial charge in [-0.05, 0) is 43.2 Å². The lowest BCUT2D eigenvalue weighted by Crippen LogP contribution is -2.35. The molecule has 1 aromatic heterocycles. The van der Waals surface area contributed by atoms with Gasteiger partial charge in [0.25, 0.3) is 5.56 Å². The summed E-state index contributed by atoms with van der Waals surface area (Å²) in [5.41, 5.74) is 0.367. The van der Waals surface area contributed by atoms with Crippen LogP contribution in [0.4, 0.5) is 5.69 Å². The summed E-state index contributed by atoms with van der Waals surface area (Å²) in [4.78, 5) is 25.0. The van der Waals surface area contributed by atoms with Gasteiger partial charge in [0, 0.05) is 18.8 Å². The molecule has 0 atom stereocenters. The summed E-state index contributed by atoms with van der Waals surface area (Å²) < 4.78 is 28.1. The van der Waals surface area contributed by atoms with Gasteiger partial charge in [0.15, 0.2) is 0 Å². The Morgan fingerprint density at radius 3 is 2.60 bits per heavy atom. The molecule has 4 rings (SSSR count). The third-order valence-electron chi connectivity index (χ3n) is 4.99. The predicted octanol–water partition coefficient (Wildman–Crippen LogP) is 1.60. The molecule has 1 N–H and O–H groups in total. The van der Waals surface area contributed by atoms with E-state index in [-0.39, 0.29) is 11.4 Å². The van der Waals surface area contributed by atoms with Crippen LogP contribution in [0.25, 0.3) is 10.9 Å². The van der Waals surface area contributed by atoms with Crippen molar-refractivity contribution in [2.75, 3.05) is 18.4 Å². The van der Waals surface area contributed by atoms with Gasteiger partial charge in [0.1, 0.15) is 12.1 Å². The van der Waals surface area contributed by atoms with Gasteiger partial charge < -0.3 is 5.32 Å². The number of nitrogens with zero attached hydrogens (tertiary/aromatic N) is 4. The number of carbonyl (C=O) groups is 1. The zero-order valence-corrected chi connectivity index (χ0v) is 17.0. The van der Waals surface area contributed by atoms with Gasteiger partial charge in [-0.1, -0.05) is 29.8 Å². The minimum absolute atomic E-state index is 0.130. The minimum atomic E-state index is -3.61. The van der Waals surface area contributed by atoms with E-state index in [1.165, 1.54) is 16.4 Å². The number of hydrogen-bond donors (Lipinski definition) is 1. The third-order valence-corrected chi connectivity index (χ3v) is 6.89. The van der Waals surface area contributed by atoms with Crippen molar-refractivity contribution >= 4 is 32.5 Å². The molecule has 1 fully saturated rings. The molecule has 1 amide bonds. The molecule has 1 aliphatic rings. The molecule has 2 heterocycles. The zero-order chi connectivity index (χ0) is 21.1. The summed E-state index contributed by atoms with van der Waals surface area (Å²) in [6, 6.07) is 12.9. The van der Waals surface area contributed by atoms with Crippen molar-refractivity contribution < 1.29 is 13.2 Å². The van der Waals surface area contributed by atoms with E-state index < -0.39 is 21.5 Å². The Kier molecular flexibility index (Phi) is 5.60. The molecule has 3 aromatic rings. The van der Waals surface area contributed by atoms with Crippen molar-refractivity contribution in [1.82, 2.24) is 19.3 Å². The Bertz CT molecular complexity index is 1250. The molecule has 0 unspecified atom stereocenters. The maximum Gasteiger partial charge on any atom is 0.278 e. The fourth-order valence-corrected chi connectivity index (χ4v) is 5.02. The smallest absolute Gasteiger partial charge is 0.278 e. The molecular formula is C20H21N5O4S. The van der Waals surface area contributed by atoms with Crippen molar-refractivity contribution in [2.45, 2.75) is 30.7 Å². The second kappa shape index (κ2) is 8.33. The molecule has 10 heteroatoms. The molecule has 9 nitrogen and oxygen atoms in total. The number of aromatic nitrogens is 3. The maximum absolute atomic E-state index is 12.8. The summed E-state index contributed by atoms with van der Waals surface area (Å²) in [5.74, 6) is -0.505. The van der Waals surface area contributed by atoms with Crippen LogP contribution in [-0.4, -0.2) is 46.7 Å². The zero-order valence-electron chi connectivity index (χ0n) is 16.2. The van der Waals surface area contributed by atoms with Crippen LogP contribution in [0.1, 0.15) is 19.3 Å². The molecule has 1 saturated heterocycles. The van der Waals surface area contributed by atoms with E-state index in [2.05, 4.69) is 15.6 Å². The van der Waals surface area contributed by atoms with Gasteiger partial charge in [-0.3, -0.25) is 9.59 Å². The fraction of sp³-hybridized carbons (Fsp3) is 0.300. The van der Waals surface area contributed by atoms with E-state index in [4.69, 9.17) is 0 Å². The van der Waals surface area contributed by atoms with Crippen molar-refractivity contribution in [3.05, 3.63) is 58.9 Å². The molecular weight excluding hydrogens is 406 g/mol. The Morgan fingerprint density at radius 2 is 1.80 bits per heavy atom. The third kappa shape index (κ3) is 4.10. The number of amides is 1. The van der Waals surface area contributed by atoms with Crippen molar-refractivity contribution in [3.8, 4) is 0 Å². The quantitative estimate of drug-likeness (QED) is 0.662. The Labute approximate surface area is 173 Å². The molecule has 0 radical (unpaired) electrons. The first-order valence-electron chi connectivity index (χ1n) is 9.68. The lowest BCUT2D eigenvalue weighted by molar-refractivity contribution is -0.117.